The minimum atomic E-state index is -5.33. The average Bonchev–Trinajstić information content (AvgIpc) is 2.97. The molecular weight excluding hydrogens is 733 g/mol. The molecule has 0 saturated carbocycles. The number of nitrogen functional groups attached to an aromatic ring is 2. The summed E-state index contributed by atoms with van der Waals surface area (Å²) < 4.78 is 137. The number of hydrogen-bond acceptors (Lipinski definition) is 15. The van der Waals surface area contributed by atoms with Crippen molar-refractivity contribution >= 4 is 96.1 Å². The van der Waals surface area contributed by atoms with E-state index in [-0.39, 0.29) is 11.1 Å². The molecule has 0 aromatic heterocycles. The number of fused-ring (bicyclic) bond motifs is 2. The zero-order valence-electron chi connectivity index (χ0n) is 23.9. The molecule has 23 heteroatoms. The van der Waals surface area contributed by atoms with Crippen molar-refractivity contribution < 1.29 is 57.0 Å². The summed E-state index contributed by atoms with van der Waals surface area (Å²) in [5.41, 5.74) is 7.66. The Hall–Kier alpha value is -5.14. The Morgan fingerprint density at radius 1 is 0.531 bits per heavy atom. The van der Waals surface area contributed by atoms with E-state index in [9.17, 15) is 57.0 Å². The smallest absolute Gasteiger partial charge is 0.297 e. The van der Waals surface area contributed by atoms with Crippen LogP contribution in [0.4, 0.5) is 34.1 Å². The number of aromatic hydroxyl groups is 1. The third-order valence-electron chi connectivity index (χ3n) is 6.76. The molecule has 0 aliphatic carbocycles. The van der Waals surface area contributed by atoms with E-state index < -0.39 is 105 Å². The van der Waals surface area contributed by atoms with Crippen LogP contribution in [-0.4, -0.2) is 57.0 Å². The quantitative estimate of drug-likeness (QED) is 0.0642. The molecule has 0 amide bonds. The lowest BCUT2D eigenvalue weighted by molar-refractivity contribution is 0.472. The number of rotatable bonds is 8. The Morgan fingerprint density at radius 2 is 1.06 bits per heavy atom. The highest BCUT2D eigenvalue weighted by molar-refractivity contribution is 7.86. The fourth-order valence-electron chi connectivity index (χ4n) is 4.71. The summed E-state index contributed by atoms with van der Waals surface area (Å²) in [6.07, 6.45) is 0. The summed E-state index contributed by atoms with van der Waals surface area (Å²) in [5.74, 6) is -1.19. The first-order valence-electron chi connectivity index (χ1n) is 12.9. The number of phenolic OH excluding ortho intramolecular Hbond substituents is 1. The number of nitrogens with zero attached hydrogens (tertiary/aromatic N) is 4. The topological polar surface area (TPSA) is 339 Å². The van der Waals surface area contributed by atoms with Crippen LogP contribution in [-0.2, 0) is 40.5 Å². The molecule has 0 aliphatic heterocycles. The zero-order chi connectivity index (χ0) is 36.3. The zero-order valence-corrected chi connectivity index (χ0v) is 27.2. The molecule has 0 atom stereocenters. The second-order valence-electron chi connectivity index (χ2n) is 9.97. The van der Waals surface area contributed by atoms with Gasteiger partial charge in [-0.1, -0.05) is 30.3 Å². The Labute approximate surface area is 276 Å². The lowest BCUT2D eigenvalue weighted by Gasteiger charge is -2.14. The normalized spacial score (nSPS) is 13.2. The van der Waals surface area contributed by atoms with Gasteiger partial charge in [-0.2, -0.15) is 33.7 Å². The van der Waals surface area contributed by atoms with Crippen molar-refractivity contribution in [3.63, 3.8) is 0 Å². The van der Waals surface area contributed by atoms with Crippen molar-refractivity contribution in [3.8, 4) is 5.75 Å². The summed E-state index contributed by atoms with van der Waals surface area (Å²) in [5, 5.41) is 25.0. The number of benzene rings is 5. The van der Waals surface area contributed by atoms with Gasteiger partial charge in [0.05, 0.1) is 11.1 Å². The van der Waals surface area contributed by atoms with E-state index in [1.54, 1.807) is 6.07 Å². The van der Waals surface area contributed by atoms with Gasteiger partial charge in [-0.15, -0.1) is 20.5 Å². The molecule has 0 heterocycles. The van der Waals surface area contributed by atoms with Gasteiger partial charge in [-0.3, -0.25) is 18.2 Å². The molecule has 0 fully saturated rings. The minimum Gasteiger partial charge on any atom is -0.505 e. The van der Waals surface area contributed by atoms with Gasteiger partial charge in [0, 0.05) is 11.1 Å². The van der Waals surface area contributed by atoms with Gasteiger partial charge in [-0.25, -0.2) is 0 Å². The summed E-state index contributed by atoms with van der Waals surface area (Å²) in [6.45, 7) is 0. The minimum absolute atomic E-state index is 0.00515. The molecule has 256 valence electrons. The number of anilines is 2. The van der Waals surface area contributed by atoms with Gasteiger partial charge >= 0.3 is 0 Å². The molecule has 5 rings (SSSR count). The van der Waals surface area contributed by atoms with E-state index in [0.717, 1.165) is 24.3 Å². The molecular formula is C26H20N6O13S4. The largest absolute Gasteiger partial charge is 0.505 e. The van der Waals surface area contributed by atoms with Crippen molar-refractivity contribution in [1.82, 2.24) is 0 Å². The Balaban J connectivity index is 1.82. The molecule has 5 aromatic rings. The molecule has 0 unspecified atom stereocenters. The molecule has 9 N–H and O–H groups in total. The van der Waals surface area contributed by atoms with E-state index in [0.29, 0.717) is 17.5 Å². The Morgan fingerprint density at radius 3 is 1.65 bits per heavy atom. The van der Waals surface area contributed by atoms with Gasteiger partial charge in [-0.05, 0) is 47.2 Å². The monoisotopic (exact) mass is 752 g/mol. The first-order valence-corrected chi connectivity index (χ1v) is 18.6. The number of azo groups is 2. The van der Waals surface area contributed by atoms with Crippen LogP contribution < -0.4 is 11.5 Å². The average molecular weight is 753 g/mol. The predicted molar refractivity (Wildman–Crippen MR) is 172 cm³/mol. The summed E-state index contributed by atoms with van der Waals surface area (Å²) >= 11 is 0. The Bertz CT molecular complexity index is 2750. The van der Waals surface area contributed by atoms with Crippen LogP contribution in [0.2, 0.25) is 0 Å². The van der Waals surface area contributed by atoms with Crippen LogP contribution in [0.5, 0.6) is 5.75 Å². The van der Waals surface area contributed by atoms with Crippen LogP contribution in [0, 0.1) is 0 Å². The fraction of sp³-hybridized carbons (Fsp3) is 0. The second-order valence-corrected chi connectivity index (χ2v) is 15.5. The van der Waals surface area contributed by atoms with E-state index in [2.05, 4.69) is 20.5 Å². The summed E-state index contributed by atoms with van der Waals surface area (Å²) in [4.78, 5) is -3.92. The van der Waals surface area contributed by atoms with E-state index in [4.69, 9.17) is 11.5 Å². The number of hydrogen-bond donors (Lipinski definition) is 7. The van der Waals surface area contributed by atoms with Gasteiger partial charge in [0.15, 0.2) is 5.75 Å². The molecule has 0 aliphatic rings. The van der Waals surface area contributed by atoms with Gasteiger partial charge in [0.2, 0.25) is 0 Å². The molecule has 5 aromatic carbocycles. The Kier molecular flexibility index (Phi) is 8.67. The van der Waals surface area contributed by atoms with E-state index in [1.165, 1.54) is 24.3 Å². The van der Waals surface area contributed by atoms with Crippen LogP contribution in [0.1, 0.15) is 0 Å². The fourth-order valence-corrected chi connectivity index (χ4v) is 7.54. The van der Waals surface area contributed by atoms with Crippen LogP contribution in [0.25, 0.3) is 21.5 Å². The lowest BCUT2D eigenvalue weighted by Crippen LogP contribution is -2.04. The van der Waals surface area contributed by atoms with Crippen molar-refractivity contribution in [2.75, 3.05) is 11.5 Å². The third-order valence-corrected chi connectivity index (χ3v) is 10.3. The van der Waals surface area contributed by atoms with Crippen LogP contribution >= 0.6 is 0 Å². The SMILES string of the molecule is Nc1ccc(N=Nc2c(S(=O)(=O)O)cc3cc(S(=O)(=O)O)c(N=Nc4ccc5ccccc5c4S(=O)(=O)O)c(O)c3c2N)c(S(=O)(=O)O)c1. The maximum atomic E-state index is 12.4. The van der Waals surface area contributed by atoms with Gasteiger partial charge in [0.25, 0.3) is 40.5 Å². The molecule has 0 radical (unpaired) electrons. The van der Waals surface area contributed by atoms with E-state index >= 15 is 0 Å². The van der Waals surface area contributed by atoms with Gasteiger partial charge in [0.1, 0.15) is 42.3 Å². The highest BCUT2D eigenvalue weighted by Gasteiger charge is 2.29. The summed E-state index contributed by atoms with van der Waals surface area (Å²) in [6, 6.07) is 12.5. The summed E-state index contributed by atoms with van der Waals surface area (Å²) in [7, 11) is -20.6. The maximum Gasteiger partial charge on any atom is 0.297 e. The van der Waals surface area contributed by atoms with Gasteiger partial charge < -0.3 is 16.6 Å². The third kappa shape index (κ3) is 6.90. The van der Waals surface area contributed by atoms with Crippen LogP contribution in [0.3, 0.4) is 0 Å². The lowest BCUT2D eigenvalue weighted by atomic mass is 10.1. The van der Waals surface area contributed by atoms with Crippen molar-refractivity contribution in [3.05, 3.63) is 66.7 Å². The number of phenols is 1. The van der Waals surface area contributed by atoms with Crippen molar-refractivity contribution in [2.24, 2.45) is 20.5 Å². The molecule has 49 heavy (non-hydrogen) atoms. The maximum absolute atomic E-state index is 12.4. The van der Waals surface area contributed by atoms with Crippen molar-refractivity contribution in [1.29, 1.82) is 0 Å². The number of nitrogens with two attached hydrogens (primary N) is 2. The standard InChI is InChI=1S/C26H20N6O13S4/c27-14-6-8-16(18(11-14)46(34,35)36)29-31-23-19(47(37,38)39)9-13-10-20(48(40,41)42)24(25(33)21(13)22(23)28)32-30-17-7-5-12-3-1-2-4-15(12)26(17)49(43,44)45/h1-11,33H,27-28H2,(H,34,35,36)(H,37,38,39)(H,40,41,42)(H,43,44,45). The van der Waals surface area contributed by atoms with Crippen molar-refractivity contribution in [2.45, 2.75) is 19.6 Å². The second kappa shape index (κ2) is 12.1. The van der Waals surface area contributed by atoms with Crippen LogP contribution in [0.15, 0.2) is 107 Å². The molecule has 0 bridgehead atoms. The highest BCUT2D eigenvalue weighted by atomic mass is 32.2. The molecule has 0 spiro atoms. The molecule has 19 nitrogen and oxygen atoms in total. The highest BCUT2D eigenvalue weighted by Crippen LogP contribution is 2.48. The first-order chi connectivity index (χ1) is 22.6. The molecule has 0 saturated heterocycles. The van der Waals surface area contributed by atoms with E-state index in [1.807, 2.05) is 0 Å². The first kappa shape index (κ1) is 35.2. The predicted octanol–water partition coefficient (Wildman–Crippen LogP) is 4.68.